The number of nitrogens with one attached hydrogen (secondary N) is 1. The zero-order valence-electron chi connectivity index (χ0n) is 11.1. The van der Waals surface area contributed by atoms with Crippen molar-refractivity contribution in [3.8, 4) is 0 Å². The first-order valence-corrected chi connectivity index (χ1v) is 8.42. The zero-order valence-corrected chi connectivity index (χ0v) is 12.6. The molecule has 0 aromatic heterocycles. The smallest absolute Gasteiger partial charge is 0.211 e. The van der Waals surface area contributed by atoms with Gasteiger partial charge in [-0.15, -0.1) is 11.6 Å². The lowest BCUT2D eigenvalue weighted by Gasteiger charge is -2.23. The second-order valence-electron chi connectivity index (χ2n) is 4.22. The van der Waals surface area contributed by atoms with Gasteiger partial charge in [-0.1, -0.05) is 13.8 Å². The van der Waals surface area contributed by atoms with Crippen LogP contribution in [0.2, 0.25) is 0 Å². The van der Waals surface area contributed by atoms with E-state index in [1.165, 1.54) is 0 Å². The molecular weight excluding hydrogens is 260 g/mol. The molecule has 17 heavy (non-hydrogen) atoms. The van der Waals surface area contributed by atoms with E-state index in [0.717, 1.165) is 26.1 Å². The van der Waals surface area contributed by atoms with Gasteiger partial charge in [-0.2, -0.15) is 0 Å². The van der Waals surface area contributed by atoms with Crippen LogP contribution in [0.3, 0.4) is 0 Å². The molecule has 0 radical (unpaired) electrons. The first-order valence-electron chi connectivity index (χ1n) is 6.23. The fraction of sp³-hybridized carbons (Fsp3) is 1.00. The minimum atomic E-state index is -3.15. The van der Waals surface area contributed by atoms with Crippen molar-refractivity contribution in [3.05, 3.63) is 0 Å². The second kappa shape index (κ2) is 9.14. The summed E-state index contributed by atoms with van der Waals surface area (Å²) in [5.74, 6) is 0.687. The normalized spacial score (nSPS) is 14.2. The van der Waals surface area contributed by atoms with Crippen LogP contribution in [0.15, 0.2) is 0 Å². The number of nitrogens with zero attached hydrogens (tertiary/aromatic N) is 1. The highest BCUT2D eigenvalue weighted by Gasteiger charge is 2.15. The molecule has 0 aliphatic rings. The van der Waals surface area contributed by atoms with Crippen LogP contribution in [-0.4, -0.2) is 50.6 Å². The predicted molar refractivity (Wildman–Crippen MR) is 74.1 cm³/mol. The summed E-state index contributed by atoms with van der Waals surface area (Å²) in [7, 11) is -3.15. The lowest BCUT2D eigenvalue weighted by molar-refractivity contribution is 0.282. The summed E-state index contributed by atoms with van der Waals surface area (Å²) >= 11 is 5.52. The van der Waals surface area contributed by atoms with Crippen LogP contribution in [0.4, 0.5) is 0 Å². The molecule has 0 saturated carbocycles. The first kappa shape index (κ1) is 17.2. The van der Waals surface area contributed by atoms with Crippen molar-refractivity contribution in [1.29, 1.82) is 0 Å². The van der Waals surface area contributed by atoms with E-state index in [4.69, 9.17) is 11.6 Å². The SMILES string of the molecule is CCN(CC)CC(C)NS(=O)(=O)CCCCCl. The van der Waals surface area contributed by atoms with Crippen molar-refractivity contribution in [2.75, 3.05) is 31.3 Å². The summed E-state index contributed by atoms with van der Waals surface area (Å²) in [5, 5.41) is 0. The Morgan fingerprint density at radius 1 is 1.24 bits per heavy atom. The molecule has 1 atom stereocenters. The quantitative estimate of drug-likeness (QED) is 0.490. The van der Waals surface area contributed by atoms with E-state index in [1.807, 2.05) is 6.92 Å². The molecule has 0 bridgehead atoms. The van der Waals surface area contributed by atoms with Crippen LogP contribution in [0.25, 0.3) is 0 Å². The Bertz CT molecular complexity index is 279. The van der Waals surface area contributed by atoms with Gasteiger partial charge in [-0.3, -0.25) is 0 Å². The molecule has 4 nitrogen and oxygen atoms in total. The summed E-state index contributed by atoms with van der Waals surface area (Å²) < 4.78 is 26.1. The second-order valence-corrected chi connectivity index (χ2v) is 6.47. The van der Waals surface area contributed by atoms with E-state index >= 15 is 0 Å². The monoisotopic (exact) mass is 284 g/mol. The molecule has 0 aromatic rings. The maximum atomic E-state index is 11.7. The number of hydrogen-bond donors (Lipinski definition) is 1. The number of alkyl halides is 1. The van der Waals surface area contributed by atoms with E-state index < -0.39 is 10.0 Å². The van der Waals surface area contributed by atoms with E-state index in [2.05, 4.69) is 23.5 Å². The Kier molecular flexibility index (Phi) is 9.22. The molecule has 0 aliphatic carbocycles. The Morgan fingerprint density at radius 2 is 1.82 bits per heavy atom. The van der Waals surface area contributed by atoms with E-state index in [0.29, 0.717) is 12.3 Å². The van der Waals surface area contributed by atoms with E-state index in [-0.39, 0.29) is 11.8 Å². The average molecular weight is 285 g/mol. The van der Waals surface area contributed by atoms with Gasteiger partial charge in [0.25, 0.3) is 0 Å². The molecule has 1 unspecified atom stereocenters. The lowest BCUT2D eigenvalue weighted by Crippen LogP contribution is -2.42. The number of hydrogen-bond acceptors (Lipinski definition) is 3. The van der Waals surface area contributed by atoms with Crippen LogP contribution < -0.4 is 4.72 Å². The average Bonchev–Trinajstić information content (AvgIpc) is 2.25. The number of halogens is 1. The van der Waals surface area contributed by atoms with Crippen molar-refractivity contribution in [2.45, 2.75) is 39.7 Å². The molecule has 0 aliphatic heterocycles. The maximum absolute atomic E-state index is 11.7. The number of likely N-dealkylation sites (N-methyl/N-ethyl adjacent to an activating group) is 1. The Morgan fingerprint density at radius 3 is 2.29 bits per heavy atom. The third-order valence-corrected chi connectivity index (χ3v) is 4.46. The van der Waals surface area contributed by atoms with Gasteiger partial charge in [0.05, 0.1) is 5.75 Å². The standard InChI is InChI=1S/C11H25ClN2O2S/c1-4-14(5-2)10-11(3)13-17(15,16)9-7-6-8-12/h11,13H,4-10H2,1-3H3. The highest BCUT2D eigenvalue weighted by atomic mass is 35.5. The third-order valence-electron chi connectivity index (χ3n) is 2.60. The van der Waals surface area contributed by atoms with Gasteiger partial charge in [-0.05, 0) is 32.9 Å². The Balaban J connectivity index is 4.04. The van der Waals surface area contributed by atoms with Crippen LogP contribution in [0.1, 0.15) is 33.6 Å². The highest BCUT2D eigenvalue weighted by molar-refractivity contribution is 7.89. The summed E-state index contributed by atoms with van der Waals surface area (Å²) in [4.78, 5) is 2.20. The molecule has 104 valence electrons. The van der Waals surface area contributed by atoms with Crippen molar-refractivity contribution in [3.63, 3.8) is 0 Å². The molecule has 6 heteroatoms. The van der Waals surface area contributed by atoms with Crippen LogP contribution >= 0.6 is 11.6 Å². The molecular formula is C11H25ClN2O2S. The predicted octanol–water partition coefficient (Wildman–Crippen LogP) is 1.66. The van der Waals surface area contributed by atoms with Crippen molar-refractivity contribution >= 4 is 21.6 Å². The lowest BCUT2D eigenvalue weighted by atomic mass is 10.3. The van der Waals surface area contributed by atoms with E-state index in [1.54, 1.807) is 0 Å². The molecule has 0 amide bonds. The van der Waals surface area contributed by atoms with Gasteiger partial charge < -0.3 is 4.90 Å². The maximum Gasteiger partial charge on any atom is 0.211 e. The van der Waals surface area contributed by atoms with Crippen LogP contribution in [-0.2, 0) is 10.0 Å². The Hall–Kier alpha value is 0.160. The molecule has 0 fully saturated rings. The fourth-order valence-electron chi connectivity index (χ4n) is 1.66. The largest absolute Gasteiger partial charge is 0.302 e. The number of sulfonamides is 1. The van der Waals surface area contributed by atoms with Gasteiger partial charge in [-0.25, -0.2) is 13.1 Å². The van der Waals surface area contributed by atoms with Crippen LogP contribution in [0.5, 0.6) is 0 Å². The van der Waals surface area contributed by atoms with E-state index in [9.17, 15) is 8.42 Å². The van der Waals surface area contributed by atoms with Gasteiger partial charge in [0.2, 0.25) is 10.0 Å². The summed E-state index contributed by atoms with van der Waals surface area (Å²) in [6.45, 7) is 8.68. The summed E-state index contributed by atoms with van der Waals surface area (Å²) in [6, 6.07) is -0.0455. The first-order chi connectivity index (χ1) is 7.95. The van der Waals surface area contributed by atoms with Crippen molar-refractivity contribution < 1.29 is 8.42 Å². The molecule has 0 heterocycles. The Labute approximate surface area is 111 Å². The third kappa shape index (κ3) is 8.83. The van der Waals surface area contributed by atoms with Crippen LogP contribution in [0, 0.1) is 0 Å². The minimum Gasteiger partial charge on any atom is -0.302 e. The molecule has 0 saturated heterocycles. The molecule has 0 rings (SSSR count). The van der Waals surface area contributed by atoms with Crippen molar-refractivity contribution in [2.24, 2.45) is 0 Å². The minimum absolute atomic E-state index is 0.0455. The molecule has 1 N–H and O–H groups in total. The summed E-state index contributed by atoms with van der Waals surface area (Å²) in [6.07, 6.45) is 1.36. The van der Waals surface area contributed by atoms with Crippen molar-refractivity contribution in [1.82, 2.24) is 9.62 Å². The van der Waals surface area contributed by atoms with Gasteiger partial charge in [0.15, 0.2) is 0 Å². The number of unbranched alkanes of at least 4 members (excludes halogenated alkanes) is 1. The molecule has 0 spiro atoms. The van der Waals surface area contributed by atoms with Gasteiger partial charge in [0.1, 0.15) is 0 Å². The number of rotatable bonds is 10. The fourth-order valence-corrected chi connectivity index (χ4v) is 3.24. The summed E-state index contributed by atoms with van der Waals surface area (Å²) in [5.41, 5.74) is 0. The molecule has 0 aromatic carbocycles. The zero-order chi connectivity index (χ0) is 13.3. The van der Waals surface area contributed by atoms with Gasteiger partial charge in [0, 0.05) is 18.5 Å². The topological polar surface area (TPSA) is 49.4 Å². The highest BCUT2D eigenvalue weighted by Crippen LogP contribution is 1.99. The van der Waals surface area contributed by atoms with Gasteiger partial charge >= 0.3 is 0 Å².